The van der Waals surface area contributed by atoms with Crippen molar-refractivity contribution < 1.29 is 9.47 Å². The first-order valence-corrected chi connectivity index (χ1v) is 6.96. The quantitative estimate of drug-likeness (QED) is 0.917. The first-order valence-electron chi connectivity index (χ1n) is 5.53. The largest absolute Gasteiger partial charge is 0.493 e. The summed E-state index contributed by atoms with van der Waals surface area (Å²) in [5, 5.41) is 4.33. The Kier molecular flexibility index (Phi) is 4.42. The third-order valence-corrected chi connectivity index (χ3v) is 4.40. The van der Waals surface area contributed by atoms with Crippen molar-refractivity contribution in [2.75, 3.05) is 26.5 Å². The second kappa shape index (κ2) is 5.85. The highest BCUT2D eigenvalue weighted by atomic mass is 35.5. The molecule has 0 saturated carbocycles. The zero-order valence-electron chi connectivity index (χ0n) is 9.96. The number of hydrogen-bond acceptors (Lipinski definition) is 4. The molecule has 5 heteroatoms. The van der Waals surface area contributed by atoms with E-state index in [-0.39, 0.29) is 5.37 Å². The Morgan fingerprint density at radius 2 is 2.18 bits per heavy atom. The smallest absolute Gasteiger partial charge is 0.179 e. The van der Waals surface area contributed by atoms with E-state index >= 15 is 0 Å². The number of ether oxygens (including phenoxy) is 2. The highest BCUT2D eigenvalue weighted by Gasteiger charge is 2.21. The van der Waals surface area contributed by atoms with Gasteiger partial charge in [0.25, 0.3) is 0 Å². The van der Waals surface area contributed by atoms with Crippen LogP contribution in [0.15, 0.2) is 12.1 Å². The van der Waals surface area contributed by atoms with Crippen LogP contribution in [0, 0.1) is 0 Å². The fourth-order valence-electron chi connectivity index (χ4n) is 1.87. The van der Waals surface area contributed by atoms with Crippen LogP contribution >= 0.6 is 23.4 Å². The van der Waals surface area contributed by atoms with E-state index in [4.69, 9.17) is 21.1 Å². The number of rotatable bonds is 3. The second-order valence-corrected chi connectivity index (χ2v) is 5.35. The lowest BCUT2D eigenvalue weighted by Crippen LogP contribution is -2.25. The van der Waals surface area contributed by atoms with Gasteiger partial charge in [-0.15, -0.1) is 11.8 Å². The summed E-state index contributed by atoms with van der Waals surface area (Å²) in [5.74, 6) is 2.43. The molecule has 1 aromatic carbocycles. The zero-order valence-corrected chi connectivity index (χ0v) is 11.5. The maximum Gasteiger partial charge on any atom is 0.179 e. The molecule has 17 heavy (non-hydrogen) atoms. The van der Waals surface area contributed by atoms with Crippen LogP contribution in [-0.2, 0) is 0 Å². The molecule has 0 bridgehead atoms. The molecule has 0 aliphatic carbocycles. The molecule has 1 aliphatic heterocycles. The lowest BCUT2D eigenvalue weighted by molar-refractivity contribution is 0.354. The van der Waals surface area contributed by atoms with Crippen molar-refractivity contribution >= 4 is 23.4 Å². The van der Waals surface area contributed by atoms with E-state index < -0.39 is 0 Å². The number of thioether (sulfide) groups is 1. The lowest BCUT2D eigenvalue weighted by Gasteiger charge is -2.25. The van der Waals surface area contributed by atoms with Crippen LogP contribution in [0.5, 0.6) is 11.5 Å². The van der Waals surface area contributed by atoms with Gasteiger partial charge in [0.1, 0.15) is 0 Å². The van der Waals surface area contributed by atoms with Gasteiger partial charge < -0.3 is 14.8 Å². The van der Waals surface area contributed by atoms with Gasteiger partial charge in [0.15, 0.2) is 11.5 Å². The fourth-order valence-corrected chi connectivity index (χ4v) is 3.44. The monoisotopic (exact) mass is 273 g/mol. The zero-order chi connectivity index (χ0) is 12.3. The Labute approximate surface area is 111 Å². The van der Waals surface area contributed by atoms with Gasteiger partial charge >= 0.3 is 0 Å². The Morgan fingerprint density at radius 1 is 1.35 bits per heavy atom. The van der Waals surface area contributed by atoms with Crippen molar-refractivity contribution in [3.05, 3.63) is 22.7 Å². The van der Waals surface area contributed by atoms with E-state index in [0.717, 1.165) is 17.9 Å². The summed E-state index contributed by atoms with van der Waals surface area (Å²) in [6.07, 6.45) is 1.20. The number of benzene rings is 1. The van der Waals surface area contributed by atoms with Crippen LogP contribution in [0.4, 0.5) is 0 Å². The Morgan fingerprint density at radius 3 is 2.76 bits per heavy atom. The minimum atomic E-state index is 0.246. The summed E-state index contributed by atoms with van der Waals surface area (Å²) >= 11 is 8.24. The lowest BCUT2D eigenvalue weighted by atomic mass is 10.2. The van der Waals surface area contributed by atoms with Gasteiger partial charge in [-0.3, -0.25) is 0 Å². The molecule has 94 valence electrons. The molecule has 3 nitrogen and oxygen atoms in total. The van der Waals surface area contributed by atoms with Crippen molar-refractivity contribution in [3.63, 3.8) is 0 Å². The van der Waals surface area contributed by atoms with Crippen LogP contribution in [0.25, 0.3) is 0 Å². The minimum Gasteiger partial charge on any atom is -0.493 e. The normalized spacial score (nSPS) is 20.1. The van der Waals surface area contributed by atoms with Crippen molar-refractivity contribution in [2.24, 2.45) is 0 Å². The molecule has 0 aromatic heterocycles. The van der Waals surface area contributed by atoms with Gasteiger partial charge in [0.2, 0.25) is 0 Å². The predicted molar refractivity (Wildman–Crippen MR) is 72.4 cm³/mol. The van der Waals surface area contributed by atoms with Crippen molar-refractivity contribution in [1.29, 1.82) is 0 Å². The van der Waals surface area contributed by atoms with E-state index in [0.29, 0.717) is 16.5 Å². The van der Waals surface area contributed by atoms with Crippen LogP contribution in [0.3, 0.4) is 0 Å². The number of nitrogens with one attached hydrogen (secondary N) is 1. The van der Waals surface area contributed by atoms with Crippen LogP contribution in [0.2, 0.25) is 5.02 Å². The van der Waals surface area contributed by atoms with Gasteiger partial charge in [-0.25, -0.2) is 0 Å². The summed E-state index contributed by atoms with van der Waals surface area (Å²) in [7, 11) is 3.22. The standard InChI is InChI=1S/C12H16ClNO2S/c1-15-9-5-4-8(10(13)11(9)16-2)12-14-6-3-7-17-12/h4-5,12,14H,3,6-7H2,1-2H3. The molecule has 1 fully saturated rings. The Hall–Kier alpha value is -0.580. The number of halogens is 1. The Bertz CT molecular complexity index is 394. The van der Waals surface area contributed by atoms with Crippen LogP contribution in [-0.4, -0.2) is 26.5 Å². The summed E-state index contributed by atoms with van der Waals surface area (Å²) in [5.41, 5.74) is 1.06. The van der Waals surface area contributed by atoms with Gasteiger partial charge in [-0.05, 0) is 24.8 Å². The second-order valence-electron chi connectivity index (χ2n) is 3.76. The fraction of sp³-hybridized carbons (Fsp3) is 0.500. The topological polar surface area (TPSA) is 30.5 Å². The SMILES string of the molecule is COc1ccc(C2NCCCS2)c(Cl)c1OC. The number of hydrogen-bond donors (Lipinski definition) is 1. The molecule has 1 aliphatic rings. The summed E-state index contributed by atoms with van der Waals surface area (Å²) in [4.78, 5) is 0. The van der Waals surface area contributed by atoms with Crippen LogP contribution in [0.1, 0.15) is 17.4 Å². The summed E-state index contributed by atoms with van der Waals surface area (Å²) < 4.78 is 10.5. The molecule has 0 amide bonds. The van der Waals surface area contributed by atoms with Crippen molar-refractivity contribution in [1.82, 2.24) is 5.32 Å². The van der Waals surface area contributed by atoms with Crippen LogP contribution < -0.4 is 14.8 Å². The molecule has 1 N–H and O–H groups in total. The predicted octanol–water partition coefficient (Wildman–Crippen LogP) is 3.08. The molecule has 0 spiro atoms. The van der Waals surface area contributed by atoms with Gasteiger partial charge in [0.05, 0.1) is 24.6 Å². The summed E-state index contributed by atoms with van der Waals surface area (Å²) in [6.45, 7) is 1.03. The molecule has 1 saturated heterocycles. The first-order chi connectivity index (χ1) is 8.27. The molecule has 1 atom stereocenters. The summed E-state index contributed by atoms with van der Waals surface area (Å²) in [6, 6.07) is 3.90. The average Bonchev–Trinajstić information content (AvgIpc) is 2.39. The molecule has 2 rings (SSSR count). The molecule has 1 heterocycles. The van der Waals surface area contributed by atoms with Crippen molar-refractivity contribution in [3.8, 4) is 11.5 Å². The molecule has 0 radical (unpaired) electrons. The Balaban J connectivity index is 2.34. The van der Waals surface area contributed by atoms with E-state index in [1.54, 1.807) is 14.2 Å². The van der Waals surface area contributed by atoms with E-state index in [1.807, 2.05) is 23.9 Å². The third kappa shape index (κ3) is 2.64. The molecular formula is C12H16ClNO2S. The minimum absolute atomic E-state index is 0.246. The molecule has 1 unspecified atom stereocenters. The van der Waals surface area contributed by atoms with Gasteiger partial charge in [-0.2, -0.15) is 0 Å². The maximum atomic E-state index is 6.37. The third-order valence-electron chi connectivity index (χ3n) is 2.73. The highest BCUT2D eigenvalue weighted by molar-refractivity contribution is 7.99. The first kappa shape index (κ1) is 12.9. The highest BCUT2D eigenvalue weighted by Crippen LogP contribution is 2.42. The molecular weight excluding hydrogens is 258 g/mol. The van der Waals surface area contributed by atoms with Gasteiger partial charge in [0, 0.05) is 5.56 Å². The average molecular weight is 274 g/mol. The van der Waals surface area contributed by atoms with Crippen molar-refractivity contribution in [2.45, 2.75) is 11.8 Å². The van der Waals surface area contributed by atoms with E-state index in [1.165, 1.54) is 6.42 Å². The number of methoxy groups -OCH3 is 2. The van der Waals surface area contributed by atoms with E-state index in [2.05, 4.69) is 5.32 Å². The van der Waals surface area contributed by atoms with Gasteiger partial charge in [-0.1, -0.05) is 17.7 Å². The maximum absolute atomic E-state index is 6.37. The van der Waals surface area contributed by atoms with E-state index in [9.17, 15) is 0 Å². The molecule has 1 aromatic rings.